The van der Waals surface area contributed by atoms with Crippen LogP contribution >= 0.6 is 11.9 Å². The van der Waals surface area contributed by atoms with Gasteiger partial charge in [-0.15, -0.1) is 0 Å². The van der Waals surface area contributed by atoms with Crippen LogP contribution in [0.1, 0.15) is 0 Å². The van der Waals surface area contributed by atoms with Crippen LogP contribution in [0.4, 0.5) is 11.4 Å². The van der Waals surface area contributed by atoms with Crippen molar-refractivity contribution in [2.45, 2.75) is 5.25 Å². The minimum atomic E-state index is -0.0559. The molecule has 1 unspecified atom stereocenters. The third-order valence-electron chi connectivity index (χ3n) is 3.99. The fraction of sp³-hybridized carbons (Fsp3) is 0.118. The zero-order valence-electron chi connectivity index (χ0n) is 12.0. The second-order valence-electron chi connectivity index (χ2n) is 5.26. The summed E-state index contributed by atoms with van der Waals surface area (Å²) in [7, 11) is 1.65. The van der Waals surface area contributed by atoms with Crippen LogP contribution in [0.5, 0.6) is 0 Å². The van der Waals surface area contributed by atoms with Crippen LogP contribution in [-0.2, 0) is 4.79 Å². The molecule has 0 bridgehead atoms. The van der Waals surface area contributed by atoms with E-state index in [4.69, 9.17) is 0 Å². The predicted molar refractivity (Wildman–Crippen MR) is 92.6 cm³/mol. The summed E-state index contributed by atoms with van der Waals surface area (Å²) in [5, 5.41) is 8.53. The summed E-state index contributed by atoms with van der Waals surface area (Å²) in [6, 6.07) is 4.23. The normalized spacial score (nSPS) is 20.5. The number of rotatable bonds is 1. The van der Waals surface area contributed by atoms with Crippen LogP contribution in [-0.4, -0.2) is 18.2 Å². The second kappa shape index (κ2) is 5.10. The SMILES string of the molecule is CNC(=O)C1=CC2=c3ccc4c(c3NSC2C=C1)NC=CC=4. The molecule has 0 saturated carbocycles. The number of hydrogen-bond acceptors (Lipinski definition) is 4. The summed E-state index contributed by atoms with van der Waals surface area (Å²) >= 11 is 1.66. The molecule has 1 atom stereocenters. The molecule has 2 heterocycles. The number of amides is 1. The monoisotopic (exact) mass is 309 g/mol. The number of likely N-dealkylation sites (N-methyl/N-ethyl adjacent to an activating group) is 1. The fourth-order valence-corrected chi connectivity index (χ4v) is 3.81. The van der Waals surface area contributed by atoms with Crippen molar-refractivity contribution in [1.29, 1.82) is 0 Å². The van der Waals surface area contributed by atoms with Crippen molar-refractivity contribution < 1.29 is 4.79 Å². The summed E-state index contributed by atoms with van der Waals surface area (Å²) in [5.41, 5.74) is 4.03. The number of nitrogens with one attached hydrogen (secondary N) is 3. The molecule has 1 aromatic rings. The van der Waals surface area contributed by atoms with E-state index in [1.807, 2.05) is 24.4 Å². The van der Waals surface area contributed by atoms with E-state index in [1.165, 1.54) is 5.57 Å². The zero-order chi connectivity index (χ0) is 15.1. The van der Waals surface area contributed by atoms with Gasteiger partial charge in [0.2, 0.25) is 0 Å². The molecular weight excluding hydrogens is 294 g/mol. The van der Waals surface area contributed by atoms with Gasteiger partial charge in [-0.05, 0) is 29.7 Å². The number of carbonyl (C=O) groups excluding carboxylic acids is 1. The maximum absolute atomic E-state index is 11.9. The van der Waals surface area contributed by atoms with Gasteiger partial charge >= 0.3 is 0 Å². The van der Waals surface area contributed by atoms with Gasteiger partial charge in [0.1, 0.15) is 0 Å². The highest BCUT2D eigenvalue weighted by molar-refractivity contribution is 8.01. The minimum Gasteiger partial charge on any atom is -0.359 e. The lowest BCUT2D eigenvalue weighted by atomic mass is 9.97. The summed E-state index contributed by atoms with van der Waals surface area (Å²) in [4.78, 5) is 11.9. The van der Waals surface area contributed by atoms with Gasteiger partial charge in [-0.2, -0.15) is 0 Å². The lowest BCUT2D eigenvalue weighted by Crippen LogP contribution is -2.30. The molecule has 0 saturated heterocycles. The fourth-order valence-electron chi connectivity index (χ4n) is 2.88. The zero-order valence-corrected chi connectivity index (χ0v) is 12.8. The van der Waals surface area contributed by atoms with Gasteiger partial charge in [0.25, 0.3) is 5.91 Å². The lowest BCUT2D eigenvalue weighted by Gasteiger charge is -2.27. The highest BCUT2D eigenvalue weighted by atomic mass is 32.2. The van der Waals surface area contributed by atoms with E-state index in [0.29, 0.717) is 5.57 Å². The van der Waals surface area contributed by atoms with Crippen molar-refractivity contribution in [3.63, 3.8) is 0 Å². The van der Waals surface area contributed by atoms with E-state index >= 15 is 0 Å². The molecule has 4 nitrogen and oxygen atoms in total. The standard InChI is InChI=1S/C17H15N3OS/c1-18-17(21)11-5-7-14-13(9-11)12-6-4-10-3-2-8-19-15(10)16(12)20-22-14/h2-9,14,19-20H,1H3,(H,18,21). The Labute approximate surface area is 132 Å². The molecule has 22 heavy (non-hydrogen) atoms. The number of anilines is 2. The molecule has 2 aliphatic heterocycles. The van der Waals surface area contributed by atoms with Crippen LogP contribution in [0.2, 0.25) is 0 Å². The Kier molecular flexibility index (Phi) is 3.08. The average Bonchev–Trinajstić information content (AvgIpc) is 2.60. The smallest absolute Gasteiger partial charge is 0.251 e. The molecular formula is C17H15N3OS. The second-order valence-corrected chi connectivity index (χ2v) is 6.20. The van der Waals surface area contributed by atoms with Crippen LogP contribution in [0.25, 0.3) is 11.6 Å². The third-order valence-corrected chi connectivity index (χ3v) is 4.98. The van der Waals surface area contributed by atoms with Crippen molar-refractivity contribution in [3.05, 3.63) is 58.6 Å². The Balaban J connectivity index is 1.96. The Hall–Kier alpha value is -2.40. The van der Waals surface area contributed by atoms with E-state index in [-0.39, 0.29) is 11.2 Å². The summed E-state index contributed by atoms with van der Waals surface area (Å²) in [5.74, 6) is -0.0559. The maximum atomic E-state index is 11.9. The first-order valence-electron chi connectivity index (χ1n) is 7.12. The summed E-state index contributed by atoms with van der Waals surface area (Å²) in [6.45, 7) is 0. The molecule has 3 N–H and O–H groups in total. The highest BCUT2D eigenvalue weighted by Crippen LogP contribution is 2.34. The van der Waals surface area contributed by atoms with Crippen LogP contribution < -0.4 is 25.8 Å². The topological polar surface area (TPSA) is 53.2 Å². The van der Waals surface area contributed by atoms with Crippen molar-refractivity contribution >= 4 is 40.9 Å². The number of benzene rings is 1. The Morgan fingerprint density at radius 3 is 3.09 bits per heavy atom. The molecule has 0 aromatic heterocycles. The molecule has 1 aromatic carbocycles. The minimum absolute atomic E-state index is 0.0559. The van der Waals surface area contributed by atoms with E-state index in [0.717, 1.165) is 21.8 Å². The average molecular weight is 309 g/mol. The van der Waals surface area contributed by atoms with Crippen LogP contribution in [0.3, 0.4) is 0 Å². The Morgan fingerprint density at radius 2 is 2.23 bits per heavy atom. The molecule has 1 amide bonds. The van der Waals surface area contributed by atoms with E-state index < -0.39 is 0 Å². The first-order chi connectivity index (χ1) is 10.8. The Morgan fingerprint density at radius 1 is 1.32 bits per heavy atom. The van der Waals surface area contributed by atoms with E-state index in [1.54, 1.807) is 19.0 Å². The number of allylic oxidation sites excluding steroid dienone is 2. The van der Waals surface area contributed by atoms with Gasteiger partial charge in [-0.1, -0.05) is 30.4 Å². The van der Waals surface area contributed by atoms with Crippen molar-refractivity contribution in [1.82, 2.24) is 5.32 Å². The first-order valence-corrected chi connectivity index (χ1v) is 8.00. The number of carbonyl (C=O) groups is 1. The van der Waals surface area contributed by atoms with E-state index in [9.17, 15) is 4.79 Å². The highest BCUT2D eigenvalue weighted by Gasteiger charge is 2.24. The first kappa shape index (κ1) is 13.3. The number of fused-ring (bicyclic) bond motifs is 4. The van der Waals surface area contributed by atoms with Gasteiger partial charge in [0, 0.05) is 29.3 Å². The Bertz CT molecular complexity index is 880. The van der Waals surface area contributed by atoms with Gasteiger partial charge in [0.15, 0.2) is 0 Å². The van der Waals surface area contributed by atoms with E-state index in [2.05, 4.69) is 39.6 Å². The van der Waals surface area contributed by atoms with Crippen LogP contribution in [0, 0.1) is 0 Å². The lowest BCUT2D eigenvalue weighted by molar-refractivity contribution is -0.116. The van der Waals surface area contributed by atoms with Crippen molar-refractivity contribution in [2.24, 2.45) is 0 Å². The van der Waals surface area contributed by atoms with Gasteiger partial charge in [0.05, 0.1) is 16.6 Å². The number of hydrogen-bond donors (Lipinski definition) is 3. The van der Waals surface area contributed by atoms with Gasteiger partial charge < -0.3 is 15.4 Å². The molecule has 3 aliphatic rings. The maximum Gasteiger partial charge on any atom is 0.251 e. The summed E-state index contributed by atoms with van der Waals surface area (Å²) < 4.78 is 3.45. The molecule has 5 heteroatoms. The molecule has 0 spiro atoms. The molecule has 0 fully saturated rings. The molecule has 1 aliphatic carbocycles. The molecule has 110 valence electrons. The van der Waals surface area contributed by atoms with Crippen molar-refractivity contribution in [3.8, 4) is 0 Å². The van der Waals surface area contributed by atoms with Gasteiger partial charge in [-0.25, -0.2) is 0 Å². The summed E-state index contributed by atoms with van der Waals surface area (Å²) in [6.07, 6.45) is 12.0. The molecule has 0 radical (unpaired) electrons. The quantitative estimate of drug-likeness (QED) is 0.683. The largest absolute Gasteiger partial charge is 0.359 e. The molecule has 4 rings (SSSR count). The third kappa shape index (κ3) is 1.97. The van der Waals surface area contributed by atoms with Crippen molar-refractivity contribution in [2.75, 3.05) is 17.1 Å². The predicted octanol–water partition coefficient (Wildman–Crippen LogP) is 1.24. The van der Waals surface area contributed by atoms with Gasteiger partial charge in [-0.3, -0.25) is 4.79 Å². The van der Waals surface area contributed by atoms with Crippen LogP contribution in [0.15, 0.2) is 48.2 Å².